The molecule has 0 aliphatic rings. The van der Waals surface area contributed by atoms with Crippen molar-refractivity contribution in [2.75, 3.05) is 13.2 Å². The third-order valence-corrected chi connectivity index (χ3v) is 1.09. The Bertz CT molecular complexity index is 148. The van der Waals surface area contributed by atoms with Crippen LogP contribution in [0.5, 0.6) is 0 Å². The molecule has 0 radical (unpaired) electrons. The first-order valence-corrected chi connectivity index (χ1v) is 3.04. The molecule has 0 aromatic carbocycles. The molecular weight excluding hydrogens is 130 g/mol. The van der Waals surface area contributed by atoms with Gasteiger partial charge in [0.25, 0.3) is 0 Å². The molecule has 0 saturated carbocycles. The predicted molar refractivity (Wildman–Crippen MR) is 38.1 cm³/mol. The van der Waals surface area contributed by atoms with E-state index in [-0.39, 0.29) is 25.0 Å². The van der Waals surface area contributed by atoms with Gasteiger partial charge in [-0.05, 0) is 0 Å². The van der Waals surface area contributed by atoms with Crippen molar-refractivity contribution in [3.8, 4) is 12.3 Å². The average molecular weight is 141 g/mol. The fourth-order valence-corrected chi connectivity index (χ4v) is 0.395. The minimum atomic E-state index is -0.367. The van der Waals surface area contributed by atoms with Crippen molar-refractivity contribution in [2.45, 2.75) is 6.92 Å². The first-order chi connectivity index (χ1) is 4.72. The smallest absolute Gasteiger partial charge is 0.225 e. The summed E-state index contributed by atoms with van der Waals surface area (Å²) >= 11 is 0. The van der Waals surface area contributed by atoms with Gasteiger partial charge in [-0.2, -0.15) is 0 Å². The highest BCUT2D eigenvalue weighted by Gasteiger charge is 2.08. The van der Waals surface area contributed by atoms with E-state index in [9.17, 15) is 4.79 Å². The SMILES string of the molecule is C#CCNC(=O)[C@@H](C)CO. The highest BCUT2D eigenvalue weighted by atomic mass is 16.3. The van der Waals surface area contributed by atoms with E-state index in [0.717, 1.165) is 0 Å². The number of carbonyl (C=O) groups is 1. The second kappa shape index (κ2) is 4.83. The zero-order chi connectivity index (χ0) is 7.98. The summed E-state index contributed by atoms with van der Waals surface area (Å²) in [7, 11) is 0. The van der Waals surface area contributed by atoms with Crippen molar-refractivity contribution in [3.63, 3.8) is 0 Å². The lowest BCUT2D eigenvalue weighted by Gasteiger charge is -2.05. The van der Waals surface area contributed by atoms with Gasteiger partial charge in [0.1, 0.15) is 0 Å². The Labute approximate surface area is 60.4 Å². The van der Waals surface area contributed by atoms with Crippen LogP contribution in [0, 0.1) is 18.3 Å². The standard InChI is InChI=1S/C7H11NO2/c1-3-4-8-7(10)6(2)5-9/h1,6,9H,4-5H2,2H3,(H,8,10)/t6-/m0/s1. The minimum absolute atomic E-state index is 0.142. The molecule has 1 amide bonds. The number of hydrogen-bond donors (Lipinski definition) is 2. The van der Waals surface area contributed by atoms with Crippen LogP contribution in [0.3, 0.4) is 0 Å². The van der Waals surface area contributed by atoms with Gasteiger partial charge in [0.2, 0.25) is 5.91 Å². The Morgan fingerprint density at radius 3 is 2.90 bits per heavy atom. The first kappa shape index (κ1) is 8.99. The van der Waals surface area contributed by atoms with Crippen LogP contribution in [0.25, 0.3) is 0 Å². The maximum Gasteiger partial charge on any atom is 0.225 e. The number of rotatable bonds is 3. The molecule has 0 aromatic rings. The molecule has 10 heavy (non-hydrogen) atoms. The molecule has 3 nitrogen and oxygen atoms in total. The lowest BCUT2D eigenvalue weighted by Crippen LogP contribution is -2.31. The molecule has 0 aromatic heterocycles. The van der Waals surface area contributed by atoms with Gasteiger partial charge < -0.3 is 10.4 Å². The Morgan fingerprint density at radius 2 is 2.50 bits per heavy atom. The molecule has 0 aliphatic heterocycles. The number of aliphatic hydroxyl groups excluding tert-OH is 1. The Morgan fingerprint density at radius 1 is 1.90 bits per heavy atom. The summed E-state index contributed by atoms with van der Waals surface area (Å²) < 4.78 is 0. The summed E-state index contributed by atoms with van der Waals surface area (Å²) in [4.78, 5) is 10.8. The third-order valence-electron chi connectivity index (χ3n) is 1.09. The van der Waals surface area contributed by atoms with E-state index in [2.05, 4.69) is 11.2 Å². The summed E-state index contributed by atoms with van der Waals surface area (Å²) in [6.07, 6.45) is 4.89. The van der Waals surface area contributed by atoms with Crippen LogP contribution in [-0.2, 0) is 4.79 Å². The summed E-state index contributed by atoms with van der Waals surface area (Å²) in [6.45, 7) is 1.71. The van der Waals surface area contributed by atoms with Gasteiger partial charge >= 0.3 is 0 Å². The predicted octanol–water partition coefficient (Wildman–Crippen LogP) is -0.636. The third kappa shape index (κ3) is 3.10. The molecular formula is C7H11NO2. The Balaban J connectivity index is 3.54. The van der Waals surface area contributed by atoms with E-state index in [4.69, 9.17) is 11.5 Å². The molecule has 0 spiro atoms. The fourth-order valence-electron chi connectivity index (χ4n) is 0.395. The summed E-state index contributed by atoms with van der Waals surface area (Å²) in [5.41, 5.74) is 0. The second-order valence-corrected chi connectivity index (χ2v) is 2.01. The lowest BCUT2D eigenvalue weighted by atomic mass is 10.2. The molecule has 3 heteroatoms. The van der Waals surface area contributed by atoms with Gasteiger partial charge in [-0.1, -0.05) is 12.8 Å². The largest absolute Gasteiger partial charge is 0.396 e. The molecule has 0 fully saturated rings. The van der Waals surface area contributed by atoms with Crippen molar-refractivity contribution in [3.05, 3.63) is 0 Å². The fraction of sp³-hybridized carbons (Fsp3) is 0.571. The molecule has 0 bridgehead atoms. The molecule has 1 atom stereocenters. The van der Waals surface area contributed by atoms with Crippen LogP contribution >= 0.6 is 0 Å². The van der Waals surface area contributed by atoms with Crippen molar-refractivity contribution in [2.24, 2.45) is 5.92 Å². The number of aliphatic hydroxyl groups is 1. The monoisotopic (exact) mass is 141 g/mol. The van der Waals surface area contributed by atoms with E-state index in [1.54, 1.807) is 6.92 Å². The maximum absolute atomic E-state index is 10.8. The molecule has 0 aliphatic carbocycles. The van der Waals surface area contributed by atoms with E-state index < -0.39 is 0 Å². The minimum Gasteiger partial charge on any atom is -0.396 e. The van der Waals surface area contributed by atoms with E-state index in [0.29, 0.717) is 0 Å². The normalized spacial score (nSPS) is 11.7. The van der Waals surface area contributed by atoms with Crippen molar-refractivity contribution >= 4 is 5.91 Å². The second-order valence-electron chi connectivity index (χ2n) is 2.01. The maximum atomic E-state index is 10.8. The number of carbonyl (C=O) groups excluding carboxylic acids is 1. The number of terminal acetylenes is 1. The molecule has 0 unspecified atom stereocenters. The van der Waals surface area contributed by atoms with Crippen LogP contribution in [-0.4, -0.2) is 24.2 Å². The number of nitrogens with one attached hydrogen (secondary N) is 1. The van der Waals surface area contributed by atoms with Crippen LogP contribution < -0.4 is 5.32 Å². The van der Waals surface area contributed by atoms with Crippen LogP contribution in [0.4, 0.5) is 0 Å². The Hall–Kier alpha value is -1.01. The zero-order valence-corrected chi connectivity index (χ0v) is 5.92. The van der Waals surface area contributed by atoms with Gasteiger partial charge in [-0.3, -0.25) is 4.79 Å². The molecule has 56 valence electrons. The van der Waals surface area contributed by atoms with Gasteiger partial charge in [0.05, 0.1) is 19.1 Å². The van der Waals surface area contributed by atoms with Crippen LogP contribution in [0.15, 0.2) is 0 Å². The first-order valence-electron chi connectivity index (χ1n) is 3.04. The van der Waals surface area contributed by atoms with Crippen molar-refractivity contribution in [1.82, 2.24) is 5.32 Å². The molecule has 2 N–H and O–H groups in total. The van der Waals surface area contributed by atoms with Gasteiger partial charge in [0, 0.05) is 0 Å². The zero-order valence-electron chi connectivity index (χ0n) is 5.92. The van der Waals surface area contributed by atoms with Gasteiger partial charge in [-0.15, -0.1) is 6.42 Å². The Kier molecular flexibility index (Phi) is 4.34. The number of hydrogen-bond acceptors (Lipinski definition) is 2. The summed E-state index contributed by atoms with van der Waals surface area (Å²) in [6, 6.07) is 0. The molecule has 0 rings (SSSR count). The molecule has 0 heterocycles. The van der Waals surface area contributed by atoms with Crippen LogP contribution in [0.2, 0.25) is 0 Å². The van der Waals surface area contributed by atoms with Gasteiger partial charge in [0.15, 0.2) is 0 Å². The van der Waals surface area contributed by atoms with E-state index >= 15 is 0 Å². The topological polar surface area (TPSA) is 49.3 Å². The van der Waals surface area contributed by atoms with E-state index in [1.807, 2.05) is 0 Å². The molecule has 0 saturated heterocycles. The van der Waals surface area contributed by atoms with Crippen molar-refractivity contribution in [1.29, 1.82) is 0 Å². The van der Waals surface area contributed by atoms with Gasteiger partial charge in [-0.25, -0.2) is 0 Å². The summed E-state index contributed by atoms with van der Waals surface area (Å²) in [5, 5.41) is 10.9. The average Bonchev–Trinajstić information content (AvgIpc) is 1.98. The highest BCUT2D eigenvalue weighted by Crippen LogP contribution is 1.90. The quantitative estimate of drug-likeness (QED) is 0.514. The number of amides is 1. The highest BCUT2D eigenvalue weighted by molar-refractivity contribution is 5.78. The van der Waals surface area contributed by atoms with E-state index in [1.165, 1.54) is 0 Å². The van der Waals surface area contributed by atoms with Crippen molar-refractivity contribution < 1.29 is 9.90 Å². The summed E-state index contributed by atoms with van der Waals surface area (Å²) in [5.74, 6) is 1.69. The van der Waals surface area contributed by atoms with Crippen LogP contribution in [0.1, 0.15) is 6.92 Å². The lowest BCUT2D eigenvalue weighted by molar-refractivity contribution is -0.125.